The summed E-state index contributed by atoms with van der Waals surface area (Å²) >= 11 is 0. The Bertz CT molecular complexity index is 581. The van der Waals surface area contributed by atoms with E-state index in [2.05, 4.69) is 15.6 Å². The lowest BCUT2D eigenvalue weighted by atomic mass is 10.2. The zero-order chi connectivity index (χ0) is 15.9. The maximum absolute atomic E-state index is 11.9. The van der Waals surface area contributed by atoms with Crippen LogP contribution < -0.4 is 15.4 Å². The van der Waals surface area contributed by atoms with E-state index in [4.69, 9.17) is 9.15 Å². The van der Waals surface area contributed by atoms with Crippen LogP contribution in [0.2, 0.25) is 0 Å². The number of methoxy groups -OCH3 is 1. The Hall–Kier alpha value is -2.54. The third-order valence-electron chi connectivity index (χ3n) is 3.15. The van der Waals surface area contributed by atoms with Crippen LogP contribution in [-0.2, 0) is 0 Å². The summed E-state index contributed by atoms with van der Waals surface area (Å²) in [5.41, 5.74) is 0.595. The fraction of sp³-hybridized carbons (Fsp3) is 0.333. The molecule has 0 bridgehead atoms. The van der Waals surface area contributed by atoms with Gasteiger partial charge in [0.15, 0.2) is 0 Å². The van der Waals surface area contributed by atoms with E-state index in [9.17, 15) is 4.79 Å². The van der Waals surface area contributed by atoms with Crippen molar-refractivity contribution < 1.29 is 13.9 Å². The van der Waals surface area contributed by atoms with Crippen LogP contribution in [0.4, 0.5) is 10.5 Å². The number of furan rings is 1. The van der Waals surface area contributed by atoms with E-state index >= 15 is 0 Å². The average molecular weight is 304 g/mol. The van der Waals surface area contributed by atoms with Gasteiger partial charge in [-0.25, -0.2) is 9.78 Å². The van der Waals surface area contributed by atoms with Crippen molar-refractivity contribution in [3.05, 3.63) is 42.5 Å². The van der Waals surface area contributed by atoms with Crippen LogP contribution in [0.3, 0.4) is 0 Å². The second-order valence-electron chi connectivity index (χ2n) is 4.92. The lowest BCUT2D eigenvalue weighted by Gasteiger charge is -2.22. The number of anilines is 1. The molecule has 2 aromatic rings. The van der Waals surface area contributed by atoms with Crippen molar-refractivity contribution in [1.29, 1.82) is 0 Å². The van der Waals surface area contributed by atoms with Gasteiger partial charge in [0, 0.05) is 12.6 Å². The zero-order valence-electron chi connectivity index (χ0n) is 12.9. The van der Waals surface area contributed by atoms with Crippen LogP contribution in [0.15, 0.2) is 41.1 Å². The number of carbonyl (C=O) groups excluding carboxylic acids is 1. The van der Waals surface area contributed by atoms with Gasteiger partial charge in [-0.15, -0.1) is 0 Å². The van der Waals surface area contributed by atoms with E-state index in [0.29, 0.717) is 18.1 Å². The average Bonchev–Trinajstić information content (AvgIpc) is 3.02. The summed E-state index contributed by atoms with van der Waals surface area (Å²) in [6.07, 6.45) is 3.16. The van der Waals surface area contributed by atoms with Gasteiger partial charge in [-0.3, -0.25) is 4.90 Å². The highest BCUT2D eigenvalue weighted by molar-refractivity contribution is 5.89. The van der Waals surface area contributed by atoms with Crippen molar-refractivity contribution in [2.24, 2.45) is 0 Å². The first-order chi connectivity index (χ1) is 10.6. The Morgan fingerprint density at radius 3 is 2.77 bits per heavy atom. The monoisotopic (exact) mass is 304 g/mol. The van der Waals surface area contributed by atoms with E-state index < -0.39 is 0 Å². The number of carbonyl (C=O) groups is 1. The first kappa shape index (κ1) is 15.8. The molecule has 2 heterocycles. The second-order valence-corrected chi connectivity index (χ2v) is 4.92. The van der Waals surface area contributed by atoms with Gasteiger partial charge >= 0.3 is 6.03 Å². The van der Waals surface area contributed by atoms with Gasteiger partial charge < -0.3 is 19.8 Å². The molecule has 1 atom stereocenters. The van der Waals surface area contributed by atoms with Crippen molar-refractivity contribution in [3.63, 3.8) is 0 Å². The van der Waals surface area contributed by atoms with Gasteiger partial charge in [0.2, 0.25) is 5.88 Å². The van der Waals surface area contributed by atoms with Crippen molar-refractivity contribution >= 4 is 11.7 Å². The first-order valence-electron chi connectivity index (χ1n) is 6.85. The summed E-state index contributed by atoms with van der Waals surface area (Å²) < 4.78 is 10.4. The maximum Gasteiger partial charge on any atom is 0.319 e. The van der Waals surface area contributed by atoms with E-state index in [1.54, 1.807) is 18.4 Å². The maximum atomic E-state index is 11.9. The van der Waals surface area contributed by atoms with Gasteiger partial charge in [-0.05, 0) is 32.3 Å². The summed E-state index contributed by atoms with van der Waals surface area (Å²) in [5.74, 6) is 1.30. The van der Waals surface area contributed by atoms with Gasteiger partial charge in [-0.2, -0.15) is 0 Å². The molecule has 7 nitrogen and oxygen atoms in total. The van der Waals surface area contributed by atoms with Gasteiger partial charge in [0.1, 0.15) is 5.76 Å². The molecule has 0 aliphatic rings. The summed E-state index contributed by atoms with van der Waals surface area (Å²) in [6.45, 7) is 0.427. The fourth-order valence-corrected chi connectivity index (χ4v) is 1.96. The first-order valence-corrected chi connectivity index (χ1v) is 6.85. The fourth-order valence-electron chi connectivity index (χ4n) is 1.96. The van der Waals surface area contributed by atoms with Crippen molar-refractivity contribution in [2.75, 3.05) is 33.1 Å². The number of nitrogens with zero attached hydrogens (tertiary/aromatic N) is 2. The predicted octanol–water partition coefficient (Wildman–Crippen LogP) is 2.11. The number of aromatic nitrogens is 1. The highest BCUT2D eigenvalue weighted by Gasteiger charge is 2.17. The Labute approximate surface area is 129 Å². The number of likely N-dealkylation sites (N-methyl/N-ethyl adjacent to an activating group) is 1. The number of pyridine rings is 1. The molecular weight excluding hydrogens is 284 g/mol. The molecule has 0 radical (unpaired) electrons. The van der Waals surface area contributed by atoms with E-state index in [0.717, 1.165) is 5.76 Å². The molecule has 1 unspecified atom stereocenters. The Balaban J connectivity index is 1.88. The van der Waals surface area contributed by atoms with Crippen molar-refractivity contribution in [3.8, 4) is 5.88 Å². The summed E-state index contributed by atoms with van der Waals surface area (Å²) in [4.78, 5) is 17.9. The number of amides is 2. The molecule has 0 fully saturated rings. The van der Waals surface area contributed by atoms with Crippen molar-refractivity contribution in [1.82, 2.24) is 15.2 Å². The number of hydrogen-bond donors (Lipinski definition) is 2. The quantitative estimate of drug-likeness (QED) is 0.854. The van der Waals surface area contributed by atoms with Gasteiger partial charge in [-0.1, -0.05) is 0 Å². The molecule has 0 aliphatic carbocycles. The van der Waals surface area contributed by atoms with E-state index in [1.807, 2.05) is 31.1 Å². The van der Waals surface area contributed by atoms with Crippen LogP contribution in [0.5, 0.6) is 5.88 Å². The lowest BCUT2D eigenvalue weighted by molar-refractivity contribution is 0.233. The van der Waals surface area contributed by atoms with Gasteiger partial charge in [0.25, 0.3) is 0 Å². The minimum atomic E-state index is -0.301. The van der Waals surface area contributed by atoms with Crippen LogP contribution in [0, 0.1) is 0 Å². The number of nitrogens with one attached hydrogen (secondary N) is 2. The molecule has 0 saturated heterocycles. The van der Waals surface area contributed by atoms with Crippen molar-refractivity contribution in [2.45, 2.75) is 6.04 Å². The summed E-state index contributed by atoms with van der Waals surface area (Å²) in [7, 11) is 5.40. The molecule has 0 saturated carbocycles. The molecule has 0 aromatic carbocycles. The predicted molar refractivity (Wildman–Crippen MR) is 82.9 cm³/mol. The molecule has 0 aliphatic heterocycles. The standard InChI is InChI=1S/C15H20N4O3/c1-19(2)12(13-5-4-8-22-13)10-17-15(20)18-11-6-7-14(21-3)16-9-11/h4-9,12H,10H2,1-3H3,(H2,17,18,20). The highest BCUT2D eigenvalue weighted by Crippen LogP contribution is 2.17. The van der Waals surface area contributed by atoms with Crippen LogP contribution in [-0.4, -0.2) is 43.7 Å². The van der Waals surface area contributed by atoms with Crippen LogP contribution in [0.25, 0.3) is 0 Å². The SMILES string of the molecule is COc1ccc(NC(=O)NCC(c2ccco2)N(C)C)cn1. The minimum Gasteiger partial charge on any atom is -0.481 e. The number of urea groups is 1. The summed E-state index contributed by atoms with van der Waals surface area (Å²) in [5, 5.41) is 5.53. The Morgan fingerprint density at radius 1 is 1.41 bits per heavy atom. The van der Waals surface area contributed by atoms with Crippen LogP contribution >= 0.6 is 0 Å². The zero-order valence-corrected chi connectivity index (χ0v) is 12.9. The van der Waals surface area contributed by atoms with Crippen LogP contribution in [0.1, 0.15) is 11.8 Å². The number of hydrogen-bond acceptors (Lipinski definition) is 5. The normalized spacial score (nSPS) is 12.0. The number of rotatable bonds is 6. The Morgan fingerprint density at radius 2 is 2.23 bits per heavy atom. The molecule has 118 valence electrons. The molecule has 22 heavy (non-hydrogen) atoms. The van der Waals surface area contributed by atoms with E-state index in [1.165, 1.54) is 13.3 Å². The second kappa shape index (κ2) is 7.46. The smallest absolute Gasteiger partial charge is 0.319 e. The molecule has 7 heteroatoms. The molecule has 2 rings (SSSR count). The largest absolute Gasteiger partial charge is 0.481 e. The molecule has 0 spiro atoms. The molecular formula is C15H20N4O3. The van der Waals surface area contributed by atoms with Gasteiger partial charge in [0.05, 0.1) is 31.3 Å². The molecule has 2 N–H and O–H groups in total. The minimum absolute atomic E-state index is 0.0326. The highest BCUT2D eigenvalue weighted by atomic mass is 16.5. The topological polar surface area (TPSA) is 79.6 Å². The summed E-state index contributed by atoms with van der Waals surface area (Å²) in [6, 6.07) is 6.79. The van der Waals surface area contributed by atoms with E-state index in [-0.39, 0.29) is 12.1 Å². The molecule has 2 amide bonds. The third-order valence-corrected chi connectivity index (χ3v) is 3.15. The number of ether oxygens (including phenoxy) is 1. The molecule has 2 aromatic heterocycles. The lowest BCUT2D eigenvalue weighted by Crippen LogP contribution is -2.36. The Kier molecular flexibility index (Phi) is 5.37. The third kappa shape index (κ3) is 4.23.